The summed E-state index contributed by atoms with van der Waals surface area (Å²) in [4.78, 5) is 16.9. The Labute approximate surface area is 167 Å². The molecule has 2 aromatic carbocycles. The van der Waals surface area contributed by atoms with Gasteiger partial charge in [0.1, 0.15) is 0 Å². The molecule has 0 saturated carbocycles. The summed E-state index contributed by atoms with van der Waals surface area (Å²) in [6.45, 7) is 7.87. The van der Waals surface area contributed by atoms with Gasteiger partial charge in [0.25, 0.3) is 0 Å². The number of nitrogens with one attached hydrogen (secondary N) is 1. The second-order valence-corrected chi connectivity index (χ2v) is 7.80. The van der Waals surface area contributed by atoms with Gasteiger partial charge >= 0.3 is 0 Å². The summed E-state index contributed by atoms with van der Waals surface area (Å²) in [6, 6.07) is 18.4. The van der Waals surface area contributed by atoms with Crippen LogP contribution in [-0.4, -0.2) is 43.5 Å². The molecule has 2 aromatic rings. The standard InChI is InChI=1S/C22H28ClN3O/c1-17(2)22(18-7-4-3-5-8-18)24-16-21(27)26-13-11-25(12-14-26)20-10-6-9-19(23)15-20/h3-10,15,17,22,24H,11-14,16H2,1-2H3/t22-/m1/s1. The van der Waals surface area contributed by atoms with Gasteiger partial charge in [-0.2, -0.15) is 0 Å². The maximum absolute atomic E-state index is 12.7. The van der Waals surface area contributed by atoms with E-state index in [1.807, 2.05) is 41.3 Å². The maximum atomic E-state index is 12.7. The minimum Gasteiger partial charge on any atom is -0.368 e. The van der Waals surface area contributed by atoms with E-state index in [4.69, 9.17) is 11.6 Å². The number of nitrogens with zero attached hydrogens (tertiary/aromatic N) is 2. The van der Waals surface area contributed by atoms with Gasteiger partial charge in [-0.05, 0) is 29.7 Å². The second-order valence-electron chi connectivity index (χ2n) is 7.36. The first-order valence-electron chi connectivity index (χ1n) is 9.61. The van der Waals surface area contributed by atoms with Gasteiger partial charge < -0.3 is 15.1 Å². The zero-order chi connectivity index (χ0) is 19.2. The highest BCUT2D eigenvalue weighted by Crippen LogP contribution is 2.22. The van der Waals surface area contributed by atoms with Gasteiger partial charge in [-0.1, -0.05) is 61.8 Å². The molecule has 1 fully saturated rings. The van der Waals surface area contributed by atoms with E-state index in [-0.39, 0.29) is 11.9 Å². The Balaban J connectivity index is 1.52. The van der Waals surface area contributed by atoms with Crippen molar-refractivity contribution in [3.8, 4) is 0 Å². The average molecular weight is 386 g/mol. The monoisotopic (exact) mass is 385 g/mol. The SMILES string of the molecule is CC(C)[C@@H](NCC(=O)N1CCN(c2cccc(Cl)c2)CC1)c1ccccc1. The smallest absolute Gasteiger partial charge is 0.236 e. The lowest BCUT2D eigenvalue weighted by molar-refractivity contribution is -0.130. The summed E-state index contributed by atoms with van der Waals surface area (Å²) in [5.41, 5.74) is 2.35. The van der Waals surface area contributed by atoms with Crippen LogP contribution in [0.25, 0.3) is 0 Å². The summed E-state index contributed by atoms with van der Waals surface area (Å²) in [5.74, 6) is 0.585. The van der Waals surface area contributed by atoms with Gasteiger partial charge in [0.05, 0.1) is 6.54 Å². The van der Waals surface area contributed by atoms with Crippen molar-refractivity contribution in [1.29, 1.82) is 0 Å². The van der Waals surface area contributed by atoms with Gasteiger partial charge in [-0.3, -0.25) is 4.79 Å². The number of hydrogen-bond acceptors (Lipinski definition) is 3. The molecule has 5 heteroatoms. The highest BCUT2D eigenvalue weighted by atomic mass is 35.5. The Bertz CT molecular complexity index is 742. The fraction of sp³-hybridized carbons (Fsp3) is 0.409. The van der Waals surface area contributed by atoms with Crippen LogP contribution in [0.1, 0.15) is 25.5 Å². The fourth-order valence-corrected chi connectivity index (χ4v) is 3.78. The van der Waals surface area contributed by atoms with Crippen LogP contribution in [0.4, 0.5) is 5.69 Å². The van der Waals surface area contributed by atoms with E-state index in [0.717, 1.165) is 36.9 Å². The van der Waals surface area contributed by atoms with E-state index in [0.29, 0.717) is 12.5 Å². The Morgan fingerprint density at radius 1 is 1.04 bits per heavy atom. The number of rotatable bonds is 6. The van der Waals surface area contributed by atoms with E-state index in [2.05, 4.69) is 42.3 Å². The predicted octanol–water partition coefficient (Wildman–Crippen LogP) is 3.98. The van der Waals surface area contributed by atoms with Crippen LogP contribution >= 0.6 is 11.6 Å². The predicted molar refractivity (Wildman–Crippen MR) is 112 cm³/mol. The van der Waals surface area contributed by atoms with Gasteiger partial charge in [0, 0.05) is 42.9 Å². The lowest BCUT2D eigenvalue weighted by Crippen LogP contribution is -2.51. The molecular formula is C22H28ClN3O. The molecule has 144 valence electrons. The number of benzene rings is 2. The fourth-order valence-electron chi connectivity index (χ4n) is 3.59. The van der Waals surface area contributed by atoms with Crippen LogP contribution in [0.5, 0.6) is 0 Å². The molecule has 1 amide bonds. The van der Waals surface area contributed by atoms with E-state index in [9.17, 15) is 4.79 Å². The minimum absolute atomic E-state index is 0.169. The third kappa shape index (κ3) is 5.24. The number of carbonyl (C=O) groups is 1. The van der Waals surface area contributed by atoms with Crippen molar-refractivity contribution in [2.75, 3.05) is 37.6 Å². The van der Waals surface area contributed by atoms with E-state index < -0.39 is 0 Å². The van der Waals surface area contributed by atoms with Crippen LogP contribution < -0.4 is 10.2 Å². The number of carbonyl (C=O) groups excluding carboxylic acids is 1. The first-order chi connectivity index (χ1) is 13.0. The topological polar surface area (TPSA) is 35.6 Å². The Morgan fingerprint density at radius 2 is 1.74 bits per heavy atom. The molecule has 1 aliphatic heterocycles. The Hall–Kier alpha value is -2.04. The molecule has 4 nitrogen and oxygen atoms in total. The Morgan fingerprint density at radius 3 is 2.37 bits per heavy atom. The van der Waals surface area contributed by atoms with Crippen LogP contribution in [-0.2, 0) is 4.79 Å². The van der Waals surface area contributed by atoms with Gasteiger partial charge in [-0.25, -0.2) is 0 Å². The highest BCUT2D eigenvalue weighted by Gasteiger charge is 2.23. The van der Waals surface area contributed by atoms with Crippen molar-refractivity contribution in [3.63, 3.8) is 0 Å². The third-order valence-corrected chi connectivity index (χ3v) is 5.34. The summed E-state index contributed by atoms with van der Waals surface area (Å²) in [7, 11) is 0. The second kappa shape index (κ2) is 9.25. The summed E-state index contributed by atoms with van der Waals surface area (Å²) < 4.78 is 0. The normalized spacial score (nSPS) is 15.9. The quantitative estimate of drug-likeness (QED) is 0.817. The summed E-state index contributed by atoms with van der Waals surface area (Å²) in [6.07, 6.45) is 0. The van der Waals surface area contributed by atoms with Crippen LogP contribution in [0.2, 0.25) is 5.02 Å². The van der Waals surface area contributed by atoms with Crippen molar-refractivity contribution < 1.29 is 4.79 Å². The summed E-state index contributed by atoms with van der Waals surface area (Å²) in [5, 5.41) is 4.21. The molecule has 1 saturated heterocycles. The van der Waals surface area contributed by atoms with Gasteiger partial charge in [0.15, 0.2) is 0 Å². The molecule has 0 aromatic heterocycles. The minimum atomic E-state index is 0.169. The lowest BCUT2D eigenvalue weighted by Gasteiger charge is -2.36. The van der Waals surface area contributed by atoms with Crippen molar-refractivity contribution in [1.82, 2.24) is 10.2 Å². The number of hydrogen-bond donors (Lipinski definition) is 1. The zero-order valence-corrected chi connectivity index (χ0v) is 16.8. The average Bonchev–Trinajstić information content (AvgIpc) is 2.69. The molecular weight excluding hydrogens is 358 g/mol. The molecule has 0 unspecified atom stereocenters. The Kier molecular flexibility index (Phi) is 6.75. The molecule has 0 aliphatic carbocycles. The van der Waals surface area contributed by atoms with Crippen LogP contribution in [0, 0.1) is 5.92 Å². The maximum Gasteiger partial charge on any atom is 0.236 e. The lowest BCUT2D eigenvalue weighted by atomic mass is 9.96. The first kappa shape index (κ1) is 19.7. The van der Waals surface area contributed by atoms with E-state index in [1.54, 1.807) is 0 Å². The number of anilines is 1. The third-order valence-electron chi connectivity index (χ3n) is 5.10. The van der Waals surface area contributed by atoms with Gasteiger partial charge in [-0.15, -0.1) is 0 Å². The largest absolute Gasteiger partial charge is 0.368 e. The molecule has 1 N–H and O–H groups in total. The molecule has 0 spiro atoms. The van der Waals surface area contributed by atoms with E-state index >= 15 is 0 Å². The van der Waals surface area contributed by atoms with Crippen LogP contribution in [0.3, 0.4) is 0 Å². The van der Waals surface area contributed by atoms with Gasteiger partial charge in [0.2, 0.25) is 5.91 Å². The van der Waals surface area contributed by atoms with Crippen molar-refractivity contribution in [2.24, 2.45) is 5.92 Å². The molecule has 3 rings (SSSR count). The van der Waals surface area contributed by atoms with Crippen molar-refractivity contribution in [3.05, 3.63) is 65.2 Å². The van der Waals surface area contributed by atoms with E-state index in [1.165, 1.54) is 5.56 Å². The molecule has 1 aliphatic rings. The van der Waals surface area contributed by atoms with Crippen molar-refractivity contribution in [2.45, 2.75) is 19.9 Å². The number of amides is 1. The zero-order valence-electron chi connectivity index (χ0n) is 16.1. The first-order valence-corrected chi connectivity index (χ1v) is 9.99. The molecule has 1 atom stereocenters. The summed E-state index contributed by atoms with van der Waals surface area (Å²) >= 11 is 6.09. The molecule has 27 heavy (non-hydrogen) atoms. The number of halogens is 1. The molecule has 1 heterocycles. The number of piperazine rings is 1. The van der Waals surface area contributed by atoms with Crippen molar-refractivity contribution >= 4 is 23.2 Å². The molecule has 0 bridgehead atoms. The molecule has 0 radical (unpaired) electrons. The van der Waals surface area contributed by atoms with Crippen LogP contribution in [0.15, 0.2) is 54.6 Å². The highest BCUT2D eigenvalue weighted by molar-refractivity contribution is 6.30.